The standard InChI is InChI=1S/C16H24N2O2/c1-10(16-14(19)6-3-7-15(16)20)18-8-11-4-2-5-13(17)12(11)9-18/h3,6-7,10-13,19-20H,2,4-5,8-9,17H2,1H3. The molecular weight excluding hydrogens is 252 g/mol. The molecule has 110 valence electrons. The van der Waals surface area contributed by atoms with Gasteiger partial charge in [0, 0.05) is 25.2 Å². The molecule has 4 N–H and O–H groups in total. The quantitative estimate of drug-likeness (QED) is 0.774. The van der Waals surface area contributed by atoms with Crippen molar-refractivity contribution in [3.8, 4) is 11.5 Å². The Kier molecular flexibility index (Phi) is 3.61. The molecule has 1 aliphatic heterocycles. The second-order valence-corrected chi connectivity index (χ2v) is 6.36. The molecule has 4 atom stereocenters. The van der Waals surface area contributed by atoms with Crippen molar-refractivity contribution in [1.29, 1.82) is 0 Å². The van der Waals surface area contributed by atoms with Crippen LogP contribution >= 0.6 is 0 Å². The molecule has 4 heteroatoms. The number of hydrogen-bond donors (Lipinski definition) is 3. The summed E-state index contributed by atoms with van der Waals surface area (Å²) in [4.78, 5) is 2.36. The van der Waals surface area contributed by atoms with Crippen molar-refractivity contribution in [2.45, 2.75) is 38.3 Å². The molecule has 1 aliphatic carbocycles. The van der Waals surface area contributed by atoms with Crippen LogP contribution in [0.1, 0.15) is 37.8 Å². The molecule has 1 aromatic carbocycles. The maximum Gasteiger partial charge on any atom is 0.124 e. The summed E-state index contributed by atoms with van der Waals surface area (Å²) in [5, 5.41) is 20.0. The topological polar surface area (TPSA) is 69.7 Å². The molecule has 3 rings (SSSR count). The van der Waals surface area contributed by atoms with E-state index in [1.165, 1.54) is 12.8 Å². The predicted molar refractivity (Wildman–Crippen MR) is 78.6 cm³/mol. The van der Waals surface area contributed by atoms with Crippen molar-refractivity contribution in [1.82, 2.24) is 4.90 Å². The first-order valence-electron chi connectivity index (χ1n) is 7.58. The number of hydrogen-bond acceptors (Lipinski definition) is 4. The molecule has 20 heavy (non-hydrogen) atoms. The van der Waals surface area contributed by atoms with Crippen LogP contribution in [0.2, 0.25) is 0 Å². The predicted octanol–water partition coefficient (Wildman–Crippen LogP) is 2.22. The van der Waals surface area contributed by atoms with Crippen LogP contribution in [0.15, 0.2) is 18.2 Å². The van der Waals surface area contributed by atoms with Gasteiger partial charge in [0.15, 0.2) is 0 Å². The van der Waals surface area contributed by atoms with E-state index in [2.05, 4.69) is 11.8 Å². The molecule has 1 saturated carbocycles. The minimum Gasteiger partial charge on any atom is -0.507 e. The van der Waals surface area contributed by atoms with Crippen LogP contribution in [-0.2, 0) is 0 Å². The summed E-state index contributed by atoms with van der Waals surface area (Å²) >= 11 is 0. The van der Waals surface area contributed by atoms with Crippen LogP contribution in [-0.4, -0.2) is 34.2 Å². The lowest BCUT2D eigenvalue weighted by Crippen LogP contribution is -2.38. The van der Waals surface area contributed by atoms with Crippen LogP contribution in [0, 0.1) is 11.8 Å². The van der Waals surface area contributed by atoms with Gasteiger partial charge in [0.05, 0.1) is 5.56 Å². The molecule has 1 heterocycles. The van der Waals surface area contributed by atoms with Gasteiger partial charge in [-0.2, -0.15) is 0 Å². The Balaban J connectivity index is 1.80. The summed E-state index contributed by atoms with van der Waals surface area (Å²) in [5.74, 6) is 1.60. The van der Waals surface area contributed by atoms with Crippen molar-refractivity contribution < 1.29 is 10.2 Å². The Bertz CT molecular complexity index is 471. The molecule has 0 aromatic heterocycles. The van der Waals surface area contributed by atoms with Crippen molar-refractivity contribution in [3.05, 3.63) is 23.8 Å². The number of nitrogens with zero attached hydrogens (tertiary/aromatic N) is 1. The van der Waals surface area contributed by atoms with E-state index in [0.29, 0.717) is 23.4 Å². The number of phenols is 2. The Labute approximate surface area is 120 Å². The summed E-state index contributed by atoms with van der Waals surface area (Å²) in [6, 6.07) is 5.28. The van der Waals surface area contributed by atoms with Gasteiger partial charge in [0.2, 0.25) is 0 Å². The van der Waals surface area contributed by atoms with Crippen molar-refractivity contribution >= 4 is 0 Å². The van der Waals surface area contributed by atoms with Gasteiger partial charge in [-0.1, -0.05) is 12.5 Å². The van der Waals surface area contributed by atoms with Crippen molar-refractivity contribution in [3.63, 3.8) is 0 Å². The Morgan fingerprint density at radius 2 is 1.90 bits per heavy atom. The van der Waals surface area contributed by atoms with Crippen LogP contribution in [0.25, 0.3) is 0 Å². The highest BCUT2D eigenvalue weighted by Gasteiger charge is 2.40. The van der Waals surface area contributed by atoms with Crippen LogP contribution in [0.3, 0.4) is 0 Å². The highest BCUT2D eigenvalue weighted by Crippen LogP contribution is 2.42. The average molecular weight is 276 g/mol. The van der Waals surface area contributed by atoms with Crippen molar-refractivity contribution in [2.75, 3.05) is 13.1 Å². The summed E-state index contributed by atoms with van der Waals surface area (Å²) < 4.78 is 0. The maximum absolute atomic E-state index is 10.0. The summed E-state index contributed by atoms with van der Waals surface area (Å²) in [6.45, 7) is 4.05. The number of fused-ring (bicyclic) bond motifs is 1. The zero-order chi connectivity index (χ0) is 14.3. The zero-order valence-corrected chi connectivity index (χ0v) is 12.0. The Morgan fingerprint density at radius 1 is 1.20 bits per heavy atom. The second-order valence-electron chi connectivity index (χ2n) is 6.36. The molecule has 0 spiro atoms. The minimum absolute atomic E-state index is 0.0222. The van der Waals surface area contributed by atoms with Gasteiger partial charge in [-0.15, -0.1) is 0 Å². The zero-order valence-electron chi connectivity index (χ0n) is 12.0. The van der Waals surface area contributed by atoms with E-state index in [1.54, 1.807) is 18.2 Å². The average Bonchev–Trinajstić information content (AvgIpc) is 2.84. The van der Waals surface area contributed by atoms with Gasteiger partial charge in [0.1, 0.15) is 11.5 Å². The first-order chi connectivity index (χ1) is 9.58. The van der Waals surface area contributed by atoms with E-state index in [4.69, 9.17) is 5.73 Å². The molecule has 4 unspecified atom stereocenters. The van der Waals surface area contributed by atoms with Gasteiger partial charge < -0.3 is 15.9 Å². The van der Waals surface area contributed by atoms with E-state index in [9.17, 15) is 10.2 Å². The van der Waals surface area contributed by atoms with Gasteiger partial charge >= 0.3 is 0 Å². The SMILES string of the molecule is CC(c1c(O)cccc1O)N1CC2CCCC(N)C2C1. The summed E-state index contributed by atoms with van der Waals surface area (Å²) in [7, 11) is 0. The number of nitrogens with two attached hydrogens (primary N) is 1. The van der Waals surface area contributed by atoms with Gasteiger partial charge in [0.25, 0.3) is 0 Å². The van der Waals surface area contributed by atoms with E-state index < -0.39 is 0 Å². The second kappa shape index (κ2) is 5.26. The van der Waals surface area contributed by atoms with Gasteiger partial charge in [-0.25, -0.2) is 0 Å². The number of likely N-dealkylation sites (tertiary alicyclic amines) is 1. The third-order valence-electron chi connectivity index (χ3n) is 5.21. The lowest BCUT2D eigenvalue weighted by atomic mass is 9.78. The number of rotatable bonds is 2. The minimum atomic E-state index is 0.0222. The number of phenolic OH excluding ortho intramolecular Hbond substituents is 2. The number of benzene rings is 1. The highest BCUT2D eigenvalue weighted by atomic mass is 16.3. The van der Waals surface area contributed by atoms with E-state index >= 15 is 0 Å². The molecular formula is C16H24N2O2. The van der Waals surface area contributed by atoms with Crippen LogP contribution in [0.5, 0.6) is 11.5 Å². The largest absolute Gasteiger partial charge is 0.507 e. The normalized spacial score (nSPS) is 32.0. The molecule has 1 saturated heterocycles. The fraction of sp³-hybridized carbons (Fsp3) is 0.625. The molecule has 0 amide bonds. The summed E-state index contributed by atoms with van der Waals surface area (Å²) in [5.41, 5.74) is 6.89. The van der Waals surface area contributed by atoms with Crippen LogP contribution < -0.4 is 5.73 Å². The first-order valence-corrected chi connectivity index (χ1v) is 7.58. The lowest BCUT2D eigenvalue weighted by molar-refractivity contribution is 0.236. The van der Waals surface area contributed by atoms with Gasteiger partial charge in [-0.05, 0) is 43.7 Å². The fourth-order valence-corrected chi connectivity index (χ4v) is 4.02. The smallest absolute Gasteiger partial charge is 0.124 e. The van der Waals surface area contributed by atoms with Crippen LogP contribution in [0.4, 0.5) is 0 Å². The maximum atomic E-state index is 10.0. The molecule has 4 nitrogen and oxygen atoms in total. The molecule has 2 fully saturated rings. The molecule has 1 aromatic rings. The Hall–Kier alpha value is -1.26. The Morgan fingerprint density at radius 3 is 2.55 bits per heavy atom. The fourth-order valence-electron chi connectivity index (χ4n) is 4.02. The molecule has 2 aliphatic rings. The van der Waals surface area contributed by atoms with E-state index in [-0.39, 0.29) is 17.5 Å². The molecule has 0 radical (unpaired) electrons. The third kappa shape index (κ3) is 2.27. The first kappa shape index (κ1) is 13.7. The van der Waals surface area contributed by atoms with E-state index in [0.717, 1.165) is 19.5 Å². The summed E-state index contributed by atoms with van der Waals surface area (Å²) in [6.07, 6.45) is 3.62. The van der Waals surface area contributed by atoms with E-state index in [1.807, 2.05) is 0 Å². The number of aromatic hydroxyl groups is 2. The molecule has 0 bridgehead atoms. The van der Waals surface area contributed by atoms with Crippen molar-refractivity contribution in [2.24, 2.45) is 17.6 Å². The monoisotopic (exact) mass is 276 g/mol. The highest BCUT2D eigenvalue weighted by molar-refractivity contribution is 5.45. The third-order valence-corrected chi connectivity index (χ3v) is 5.21. The van der Waals surface area contributed by atoms with Gasteiger partial charge in [-0.3, -0.25) is 4.90 Å². The lowest BCUT2D eigenvalue weighted by Gasteiger charge is -2.30.